The number of carboxylic acids is 1. The van der Waals surface area contributed by atoms with Crippen molar-refractivity contribution in [2.45, 2.75) is 76.2 Å². The molecular formula is C22H34N2O6. The summed E-state index contributed by atoms with van der Waals surface area (Å²) in [5, 5.41) is 19.2. The summed E-state index contributed by atoms with van der Waals surface area (Å²) < 4.78 is 6.48. The van der Waals surface area contributed by atoms with Gasteiger partial charge in [-0.2, -0.15) is 0 Å². The molecule has 8 heteroatoms. The summed E-state index contributed by atoms with van der Waals surface area (Å²) in [6.45, 7) is 10.1. The minimum absolute atomic E-state index is 0.00298. The molecule has 3 aliphatic rings. The van der Waals surface area contributed by atoms with E-state index >= 15 is 0 Å². The molecule has 3 fully saturated rings. The number of aliphatic hydroxyl groups is 1. The molecule has 0 saturated carbocycles. The van der Waals surface area contributed by atoms with Gasteiger partial charge < -0.3 is 24.7 Å². The lowest BCUT2D eigenvalue weighted by molar-refractivity contribution is -0.158. The van der Waals surface area contributed by atoms with Crippen LogP contribution >= 0.6 is 0 Å². The maximum absolute atomic E-state index is 13.8. The molecule has 168 valence electrons. The van der Waals surface area contributed by atoms with Gasteiger partial charge in [-0.15, -0.1) is 6.58 Å². The fourth-order valence-corrected chi connectivity index (χ4v) is 5.86. The van der Waals surface area contributed by atoms with Gasteiger partial charge in [0.25, 0.3) is 0 Å². The van der Waals surface area contributed by atoms with Gasteiger partial charge in [-0.3, -0.25) is 14.4 Å². The number of likely N-dealkylation sites (tertiary alicyclic amines) is 1. The average Bonchev–Trinajstić information content (AvgIpc) is 3.30. The highest BCUT2D eigenvalue weighted by molar-refractivity contribution is 5.98. The monoisotopic (exact) mass is 422 g/mol. The van der Waals surface area contributed by atoms with E-state index in [0.29, 0.717) is 45.2 Å². The summed E-state index contributed by atoms with van der Waals surface area (Å²) in [5.74, 6) is -3.37. The fraction of sp³-hybridized carbons (Fsp3) is 0.773. The van der Waals surface area contributed by atoms with Crippen molar-refractivity contribution < 1.29 is 29.3 Å². The summed E-state index contributed by atoms with van der Waals surface area (Å²) >= 11 is 0. The van der Waals surface area contributed by atoms with E-state index in [1.54, 1.807) is 11.0 Å². The summed E-state index contributed by atoms with van der Waals surface area (Å²) in [6, 6.07) is -0.955. The molecule has 0 aromatic rings. The van der Waals surface area contributed by atoms with Crippen molar-refractivity contribution in [2.24, 2.45) is 11.8 Å². The van der Waals surface area contributed by atoms with Crippen LogP contribution < -0.4 is 0 Å². The van der Waals surface area contributed by atoms with Crippen LogP contribution in [-0.2, 0) is 19.1 Å². The molecule has 30 heavy (non-hydrogen) atoms. The predicted octanol–water partition coefficient (Wildman–Crippen LogP) is 1.42. The topological polar surface area (TPSA) is 107 Å². The number of carbonyl (C=O) groups is 3. The Balaban J connectivity index is 2.07. The van der Waals surface area contributed by atoms with Crippen LogP contribution in [0.3, 0.4) is 0 Å². The highest BCUT2D eigenvalue weighted by Crippen LogP contribution is 2.64. The number of aliphatic hydroxyl groups excluding tert-OH is 1. The van der Waals surface area contributed by atoms with Crippen LogP contribution in [0.25, 0.3) is 0 Å². The van der Waals surface area contributed by atoms with Gasteiger partial charge in [0.1, 0.15) is 17.6 Å². The van der Waals surface area contributed by atoms with Gasteiger partial charge in [0.05, 0.1) is 11.5 Å². The molecule has 0 aromatic carbocycles. The van der Waals surface area contributed by atoms with Gasteiger partial charge >= 0.3 is 5.97 Å². The summed E-state index contributed by atoms with van der Waals surface area (Å²) in [5.41, 5.74) is -2.01. The van der Waals surface area contributed by atoms with Gasteiger partial charge in [-0.05, 0) is 46.0 Å². The molecule has 3 heterocycles. The zero-order valence-corrected chi connectivity index (χ0v) is 18.2. The quantitative estimate of drug-likeness (QED) is 0.407. The number of carboxylic acid groups (broad SMARTS) is 1. The number of carbonyl (C=O) groups excluding carboxylic acids is 2. The van der Waals surface area contributed by atoms with E-state index < -0.39 is 35.0 Å². The highest BCUT2D eigenvalue weighted by atomic mass is 16.5. The molecule has 0 radical (unpaired) electrons. The third-order valence-electron chi connectivity index (χ3n) is 7.22. The van der Waals surface area contributed by atoms with E-state index in [-0.39, 0.29) is 24.5 Å². The van der Waals surface area contributed by atoms with Crippen molar-refractivity contribution >= 4 is 17.8 Å². The van der Waals surface area contributed by atoms with E-state index in [1.165, 1.54) is 4.90 Å². The Hall–Kier alpha value is -1.93. The van der Waals surface area contributed by atoms with Gasteiger partial charge in [-0.1, -0.05) is 13.0 Å². The average molecular weight is 423 g/mol. The van der Waals surface area contributed by atoms with E-state index in [1.807, 2.05) is 20.8 Å². The van der Waals surface area contributed by atoms with Crippen LogP contribution in [0.15, 0.2) is 12.7 Å². The molecule has 5 atom stereocenters. The van der Waals surface area contributed by atoms with E-state index in [2.05, 4.69) is 6.58 Å². The Kier molecular flexibility index (Phi) is 6.30. The first-order valence-electron chi connectivity index (χ1n) is 11.0. The first-order chi connectivity index (χ1) is 14.2. The number of rotatable bonds is 10. The molecule has 3 aliphatic heterocycles. The molecule has 0 aliphatic carbocycles. The van der Waals surface area contributed by atoms with E-state index in [9.17, 15) is 19.5 Å². The number of unbranched alkanes of at least 4 members (excludes halogenated alkanes) is 1. The first-order valence-corrected chi connectivity index (χ1v) is 11.0. The predicted molar refractivity (Wildman–Crippen MR) is 110 cm³/mol. The highest BCUT2D eigenvalue weighted by Gasteiger charge is 2.79. The molecule has 0 aromatic heterocycles. The number of aliphatic carboxylic acids is 1. The van der Waals surface area contributed by atoms with Crippen LogP contribution in [0.1, 0.15) is 52.9 Å². The Bertz CT molecular complexity index is 724. The maximum atomic E-state index is 13.8. The van der Waals surface area contributed by atoms with Gasteiger partial charge in [0.15, 0.2) is 0 Å². The third kappa shape index (κ3) is 3.15. The molecule has 2 unspecified atom stereocenters. The Labute approximate surface area is 177 Å². The lowest BCUT2D eigenvalue weighted by atomic mass is 9.65. The van der Waals surface area contributed by atoms with Crippen LogP contribution in [0.2, 0.25) is 0 Å². The van der Waals surface area contributed by atoms with Crippen molar-refractivity contribution in [3.8, 4) is 0 Å². The zero-order chi connectivity index (χ0) is 22.3. The minimum Gasteiger partial charge on any atom is -0.481 e. The number of hydrogen-bond donors (Lipinski definition) is 2. The number of fused-ring (bicyclic) bond motifs is 1. The summed E-state index contributed by atoms with van der Waals surface area (Å²) in [4.78, 5) is 42.7. The number of ether oxygens (including phenoxy) is 1. The van der Waals surface area contributed by atoms with Gasteiger partial charge in [0.2, 0.25) is 11.8 Å². The van der Waals surface area contributed by atoms with Crippen LogP contribution in [0.5, 0.6) is 0 Å². The fourth-order valence-electron chi connectivity index (χ4n) is 5.86. The largest absolute Gasteiger partial charge is 0.481 e. The maximum Gasteiger partial charge on any atom is 0.310 e. The molecule has 2 N–H and O–H groups in total. The zero-order valence-electron chi connectivity index (χ0n) is 18.2. The molecule has 8 nitrogen and oxygen atoms in total. The standard InChI is InChI=1S/C22H34N2O6/c1-5-11-23(14(3)4)19(27)17-22-10-9-21(6-2,30-22)16(20(28)29)15(22)18(26)24(17)12-7-8-13-25/h5,14-17,25H,1,6-13H2,2-4H3,(H,28,29)/t15-,16-,17?,21+,22?/m0/s1. The minimum atomic E-state index is -1.11. The van der Waals surface area contributed by atoms with Gasteiger partial charge in [-0.25, -0.2) is 0 Å². The summed E-state index contributed by atoms with van der Waals surface area (Å²) in [6.07, 6.45) is 4.21. The third-order valence-corrected chi connectivity index (χ3v) is 7.22. The normalized spacial score (nSPS) is 34.5. The lowest BCUT2D eigenvalue weighted by Crippen LogP contribution is -2.57. The van der Waals surface area contributed by atoms with Crippen LogP contribution in [0, 0.1) is 11.8 Å². The van der Waals surface area contributed by atoms with Crippen molar-refractivity contribution in [3.05, 3.63) is 12.7 Å². The van der Waals surface area contributed by atoms with Crippen molar-refractivity contribution in [2.75, 3.05) is 19.7 Å². The second-order valence-electron chi connectivity index (χ2n) is 9.01. The van der Waals surface area contributed by atoms with Crippen LogP contribution in [-0.4, -0.2) is 80.8 Å². The molecule has 1 spiro atoms. The van der Waals surface area contributed by atoms with Crippen molar-refractivity contribution in [1.29, 1.82) is 0 Å². The van der Waals surface area contributed by atoms with Gasteiger partial charge in [0, 0.05) is 25.7 Å². The second-order valence-corrected chi connectivity index (χ2v) is 9.01. The number of hydrogen-bond acceptors (Lipinski definition) is 5. The number of nitrogens with zero attached hydrogens (tertiary/aromatic N) is 2. The molecule has 2 amide bonds. The lowest BCUT2D eigenvalue weighted by Gasteiger charge is -2.38. The SMILES string of the molecule is C=CCN(C(=O)C1N(CCCCO)C(=O)[C@@H]2[C@@H](C(=O)O)[C@@]3(CC)CCC12O3)C(C)C. The second kappa shape index (κ2) is 8.30. The molecule has 3 rings (SSSR count). The van der Waals surface area contributed by atoms with E-state index in [4.69, 9.17) is 9.84 Å². The Morgan fingerprint density at radius 2 is 2.07 bits per heavy atom. The molecule has 3 saturated heterocycles. The van der Waals surface area contributed by atoms with Crippen molar-refractivity contribution in [3.63, 3.8) is 0 Å². The van der Waals surface area contributed by atoms with Crippen molar-refractivity contribution in [1.82, 2.24) is 9.80 Å². The smallest absolute Gasteiger partial charge is 0.310 e. The Morgan fingerprint density at radius 1 is 1.37 bits per heavy atom. The number of amides is 2. The van der Waals surface area contributed by atoms with Crippen LogP contribution in [0.4, 0.5) is 0 Å². The first kappa shape index (κ1) is 22.7. The van der Waals surface area contributed by atoms with E-state index in [0.717, 1.165) is 0 Å². The molecule has 2 bridgehead atoms. The Morgan fingerprint density at radius 3 is 2.60 bits per heavy atom. The molecular weight excluding hydrogens is 388 g/mol. The summed E-state index contributed by atoms with van der Waals surface area (Å²) in [7, 11) is 0.